The monoisotopic (exact) mass is 338 g/mol. The molecule has 0 radical (unpaired) electrons. The van der Waals surface area contributed by atoms with E-state index in [9.17, 15) is 9.65 Å². The maximum Gasteiger partial charge on any atom is 0.244 e. The molecule has 0 saturated carbocycles. The molecular weight excluding hydrogens is 327 g/mol. The highest BCUT2D eigenvalue weighted by molar-refractivity contribution is 7.13. The number of nitriles is 1. The third-order valence-electron chi connectivity index (χ3n) is 3.92. The lowest BCUT2D eigenvalue weighted by Crippen LogP contribution is -2.21. The number of hydrogen-bond acceptors (Lipinski definition) is 5. The lowest BCUT2D eigenvalue weighted by atomic mass is 9.83. The van der Waals surface area contributed by atoms with Crippen LogP contribution in [0.3, 0.4) is 0 Å². The van der Waals surface area contributed by atoms with Crippen LogP contribution in [0.2, 0.25) is 0 Å². The number of halogens is 1. The van der Waals surface area contributed by atoms with Crippen molar-refractivity contribution < 1.29 is 9.13 Å². The van der Waals surface area contributed by atoms with Gasteiger partial charge in [0, 0.05) is 5.56 Å². The lowest BCUT2D eigenvalue weighted by molar-refractivity contribution is 0.378. The van der Waals surface area contributed by atoms with Gasteiger partial charge < -0.3 is 10.5 Å². The van der Waals surface area contributed by atoms with Gasteiger partial charge in [0.05, 0.1) is 22.1 Å². The Morgan fingerprint density at radius 3 is 2.83 bits per heavy atom. The summed E-state index contributed by atoms with van der Waals surface area (Å²) in [5.74, 6) is -0.865. The minimum absolute atomic E-state index is 0.0533. The Bertz CT molecular complexity index is 984. The van der Waals surface area contributed by atoms with E-state index in [1.165, 1.54) is 17.4 Å². The molecule has 1 aliphatic rings. The van der Waals surface area contributed by atoms with E-state index < -0.39 is 11.7 Å². The summed E-state index contributed by atoms with van der Waals surface area (Å²) in [4.78, 5) is 0.923. The van der Waals surface area contributed by atoms with Crippen molar-refractivity contribution in [2.45, 2.75) is 5.92 Å². The Morgan fingerprint density at radius 2 is 2.12 bits per heavy atom. The number of hydrogen-bond donors (Lipinski definition) is 2. The van der Waals surface area contributed by atoms with E-state index in [0.717, 1.165) is 4.88 Å². The number of aromatic nitrogens is 2. The largest absolute Gasteiger partial charge is 0.420 e. The number of fused-ring (bicyclic) bond motifs is 1. The summed E-state index contributed by atoms with van der Waals surface area (Å²) in [5.41, 5.74) is 7.73. The van der Waals surface area contributed by atoms with Crippen molar-refractivity contribution >= 4 is 11.3 Å². The van der Waals surface area contributed by atoms with Gasteiger partial charge in [-0.2, -0.15) is 5.26 Å². The molecule has 1 aromatic carbocycles. The maximum absolute atomic E-state index is 14.4. The van der Waals surface area contributed by atoms with Crippen LogP contribution in [-0.2, 0) is 0 Å². The smallest absolute Gasteiger partial charge is 0.244 e. The van der Waals surface area contributed by atoms with Crippen molar-refractivity contribution in [2.24, 2.45) is 5.73 Å². The van der Waals surface area contributed by atoms with Crippen LogP contribution in [0.4, 0.5) is 4.39 Å². The van der Waals surface area contributed by atoms with Crippen LogP contribution in [0, 0.1) is 17.1 Å². The van der Waals surface area contributed by atoms with Gasteiger partial charge in [0.2, 0.25) is 11.8 Å². The molecule has 0 amide bonds. The van der Waals surface area contributed by atoms with Gasteiger partial charge in [0.15, 0.2) is 0 Å². The summed E-state index contributed by atoms with van der Waals surface area (Å²) in [6.07, 6.45) is 0. The summed E-state index contributed by atoms with van der Waals surface area (Å²) in [6.45, 7) is 0. The average molecular weight is 338 g/mol. The number of H-pyrrole nitrogens is 1. The number of thiophene rings is 1. The summed E-state index contributed by atoms with van der Waals surface area (Å²) in [7, 11) is 0. The highest BCUT2D eigenvalue weighted by Crippen LogP contribution is 2.46. The third-order valence-corrected chi connectivity index (χ3v) is 4.81. The molecule has 0 saturated heterocycles. The maximum atomic E-state index is 14.4. The van der Waals surface area contributed by atoms with Crippen molar-refractivity contribution in [2.75, 3.05) is 0 Å². The quantitative estimate of drug-likeness (QED) is 0.748. The molecule has 0 spiro atoms. The van der Waals surface area contributed by atoms with E-state index in [4.69, 9.17) is 10.5 Å². The Balaban J connectivity index is 2.00. The highest BCUT2D eigenvalue weighted by Gasteiger charge is 2.36. The normalized spacial score (nSPS) is 16.4. The molecule has 3 N–H and O–H groups in total. The number of benzene rings is 1. The molecule has 7 heteroatoms. The number of allylic oxidation sites excluding steroid dienone is 1. The number of nitrogens with two attached hydrogens (primary N) is 1. The fourth-order valence-electron chi connectivity index (χ4n) is 2.87. The molecule has 118 valence electrons. The minimum atomic E-state index is -0.671. The molecule has 0 unspecified atom stereocenters. The van der Waals surface area contributed by atoms with Crippen LogP contribution in [0.5, 0.6) is 5.88 Å². The van der Waals surface area contributed by atoms with Crippen molar-refractivity contribution in [3.8, 4) is 22.5 Å². The van der Waals surface area contributed by atoms with Crippen LogP contribution < -0.4 is 10.5 Å². The molecular formula is C17H11FN4OS. The Kier molecular flexibility index (Phi) is 3.32. The number of aromatic amines is 1. The van der Waals surface area contributed by atoms with Crippen LogP contribution in [-0.4, -0.2) is 10.2 Å². The summed E-state index contributed by atoms with van der Waals surface area (Å²) >= 11 is 1.51. The third kappa shape index (κ3) is 2.08. The second-order valence-corrected chi connectivity index (χ2v) is 6.19. The second-order valence-electron chi connectivity index (χ2n) is 5.24. The van der Waals surface area contributed by atoms with Crippen LogP contribution >= 0.6 is 11.3 Å². The van der Waals surface area contributed by atoms with Crippen molar-refractivity contribution in [3.05, 3.63) is 70.2 Å². The van der Waals surface area contributed by atoms with Gasteiger partial charge in [-0.05, 0) is 17.5 Å². The molecule has 1 atom stereocenters. The standard InChI is InChI=1S/C17H11FN4OS/c18-11-5-2-1-4-9(11)13-10(8-19)16(20)23-17-14(13)15(21-22-17)12-6-3-7-24-12/h1-7,13H,20H2,(H,21,22)/t13-/m1/s1. The number of rotatable bonds is 2. The van der Waals surface area contributed by atoms with Crippen LogP contribution in [0.1, 0.15) is 17.0 Å². The summed E-state index contributed by atoms with van der Waals surface area (Å²) < 4.78 is 19.9. The topological polar surface area (TPSA) is 87.7 Å². The van der Waals surface area contributed by atoms with E-state index in [2.05, 4.69) is 16.3 Å². The summed E-state index contributed by atoms with van der Waals surface area (Å²) in [5, 5.41) is 18.6. The first-order valence-electron chi connectivity index (χ1n) is 7.15. The Morgan fingerprint density at radius 1 is 1.29 bits per heavy atom. The zero-order valence-electron chi connectivity index (χ0n) is 12.3. The fourth-order valence-corrected chi connectivity index (χ4v) is 3.61. The molecule has 1 aliphatic heterocycles. The van der Waals surface area contributed by atoms with E-state index in [1.807, 2.05) is 17.5 Å². The first-order chi connectivity index (χ1) is 11.7. The molecule has 5 nitrogen and oxygen atoms in total. The lowest BCUT2D eigenvalue weighted by Gasteiger charge is -2.24. The molecule has 24 heavy (non-hydrogen) atoms. The average Bonchev–Trinajstić information content (AvgIpc) is 3.23. The number of nitrogens with zero attached hydrogens (tertiary/aromatic N) is 2. The predicted octanol–water partition coefficient (Wildman–Crippen LogP) is 3.50. The zero-order chi connectivity index (χ0) is 16.7. The zero-order valence-corrected chi connectivity index (χ0v) is 13.1. The molecule has 0 bridgehead atoms. The molecule has 0 aliphatic carbocycles. The SMILES string of the molecule is N#CC1=C(N)Oc2n[nH]c(-c3cccs3)c2[C@@H]1c1ccccc1F. The first kappa shape index (κ1) is 14.5. The van der Waals surface area contributed by atoms with Gasteiger partial charge in [0.25, 0.3) is 0 Å². The van der Waals surface area contributed by atoms with Gasteiger partial charge in [-0.15, -0.1) is 16.4 Å². The van der Waals surface area contributed by atoms with Crippen molar-refractivity contribution in [1.82, 2.24) is 10.2 Å². The Labute approximate surface area is 140 Å². The summed E-state index contributed by atoms with van der Waals surface area (Å²) in [6, 6.07) is 12.2. The van der Waals surface area contributed by atoms with Crippen molar-refractivity contribution in [3.63, 3.8) is 0 Å². The van der Waals surface area contributed by atoms with Gasteiger partial charge in [0.1, 0.15) is 17.5 Å². The number of nitrogens with one attached hydrogen (secondary N) is 1. The fraction of sp³-hybridized carbons (Fsp3) is 0.0588. The van der Waals surface area contributed by atoms with Crippen LogP contribution in [0.25, 0.3) is 10.6 Å². The molecule has 0 fully saturated rings. The van der Waals surface area contributed by atoms with E-state index in [-0.39, 0.29) is 17.3 Å². The van der Waals surface area contributed by atoms with Gasteiger partial charge in [-0.3, -0.25) is 5.10 Å². The molecule has 4 rings (SSSR count). The minimum Gasteiger partial charge on any atom is -0.420 e. The second kappa shape index (κ2) is 5.51. The van der Waals surface area contributed by atoms with E-state index in [0.29, 0.717) is 16.8 Å². The van der Waals surface area contributed by atoms with E-state index >= 15 is 0 Å². The first-order valence-corrected chi connectivity index (χ1v) is 8.02. The van der Waals surface area contributed by atoms with Crippen molar-refractivity contribution in [1.29, 1.82) is 5.26 Å². The molecule has 3 aromatic rings. The highest BCUT2D eigenvalue weighted by atomic mass is 32.1. The van der Waals surface area contributed by atoms with Crippen LogP contribution in [0.15, 0.2) is 53.2 Å². The molecule has 3 heterocycles. The van der Waals surface area contributed by atoms with E-state index in [1.54, 1.807) is 18.2 Å². The number of ether oxygens (including phenoxy) is 1. The Hall–Kier alpha value is -3.11. The molecule has 2 aromatic heterocycles. The van der Waals surface area contributed by atoms with Gasteiger partial charge >= 0.3 is 0 Å². The predicted molar refractivity (Wildman–Crippen MR) is 87.6 cm³/mol. The van der Waals surface area contributed by atoms with Gasteiger partial charge in [-0.1, -0.05) is 24.3 Å². The van der Waals surface area contributed by atoms with Gasteiger partial charge in [-0.25, -0.2) is 4.39 Å².